The van der Waals surface area contributed by atoms with Gasteiger partial charge >= 0.3 is 0 Å². The monoisotopic (exact) mass is 384 g/mol. The van der Waals surface area contributed by atoms with Gasteiger partial charge in [-0.25, -0.2) is 0 Å². The lowest BCUT2D eigenvalue weighted by Crippen LogP contribution is -2.34. The van der Waals surface area contributed by atoms with Gasteiger partial charge < -0.3 is 14.2 Å². The van der Waals surface area contributed by atoms with Crippen LogP contribution in [0.2, 0.25) is 0 Å². The van der Waals surface area contributed by atoms with Crippen molar-refractivity contribution in [2.45, 2.75) is 32.9 Å². The van der Waals surface area contributed by atoms with Gasteiger partial charge in [0.25, 0.3) is 0 Å². The fourth-order valence-corrected chi connectivity index (χ4v) is 4.75. The lowest BCUT2D eigenvalue weighted by Gasteiger charge is -2.30. The first kappa shape index (κ1) is 19.1. The Balaban J connectivity index is 1.48. The summed E-state index contributed by atoms with van der Waals surface area (Å²) in [7, 11) is 1.67. The summed E-state index contributed by atoms with van der Waals surface area (Å²) in [6, 6.07) is 8.57. The van der Waals surface area contributed by atoms with Crippen LogP contribution in [0.4, 0.5) is 0 Å². The Hall–Kier alpha value is -2.25. The van der Waals surface area contributed by atoms with E-state index in [2.05, 4.69) is 51.1 Å². The van der Waals surface area contributed by atoms with Gasteiger partial charge in [-0.05, 0) is 24.0 Å². The molecule has 1 aromatic heterocycles. The molecule has 2 aliphatic rings. The summed E-state index contributed by atoms with van der Waals surface area (Å²) in [5.41, 5.74) is 2.52. The smallest absolute Gasteiger partial charge is 0.240 e. The number of aryl methyl sites for hydroxylation is 1. The molecule has 2 aromatic rings. The number of methoxy groups -OCH3 is 1. The normalized spacial score (nSPS) is 24.7. The first-order valence-electron chi connectivity index (χ1n) is 9.92. The molecule has 1 amide bonds. The lowest BCUT2D eigenvalue weighted by molar-refractivity contribution is -0.130. The molecule has 150 valence electrons. The highest BCUT2D eigenvalue weighted by atomic mass is 16.5. The van der Waals surface area contributed by atoms with Crippen molar-refractivity contribution in [3.63, 3.8) is 0 Å². The number of hydrogen-bond acceptors (Lipinski definition) is 6. The van der Waals surface area contributed by atoms with Crippen LogP contribution in [0.25, 0.3) is 0 Å². The minimum Gasteiger partial charge on any atom is -0.384 e. The van der Waals surface area contributed by atoms with Gasteiger partial charge in [0.15, 0.2) is 5.82 Å². The Morgan fingerprint density at radius 2 is 2.11 bits per heavy atom. The zero-order chi connectivity index (χ0) is 19.7. The molecule has 7 nitrogen and oxygen atoms in total. The van der Waals surface area contributed by atoms with E-state index in [-0.39, 0.29) is 11.9 Å². The van der Waals surface area contributed by atoms with Crippen LogP contribution >= 0.6 is 0 Å². The number of aromatic nitrogens is 2. The maximum Gasteiger partial charge on any atom is 0.240 e. The van der Waals surface area contributed by atoms with E-state index in [0.717, 1.165) is 19.6 Å². The highest BCUT2D eigenvalue weighted by molar-refractivity contribution is 5.74. The van der Waals surface area contributed by atoms with Gasteiger partial charge in [0.2, 0.25) is 11.8 Å². The van der Waals surface area contributed by atoms with E-state index in [1.54, 1.807) is 14.0 Å². The predicted octanol–water partition coefficient (Wildman–Crippen LogP) is 2.22. The number of benzene rings is 1. The van der Waals surface area contributed by atoms with Crippen molar-refractivity contribution in [1.29, 1.82) is 0 Å². The predicted molar refractivity (Wildman–Crippen MR) is 103 cm³/mol. The molecular weight excluding hydrogens is 356 g/mol. The van der Waals surface area contributed by atoms with Crippen molar-refractivity contribution in [3.05, 3.63) is 47.1 Å². The average Bonchev–Trinajstić information content (AvgIpc) is 3.35. The van der Waals surface area contributed by atoms with E-state index in [1.165, 1.54) is 11.1 Å². The molecule has 1 aromatic carbocycles. The molecule has 0 N–H and O–H groups in total. The maximum absolute atomic E-state index is 12.3. The molecule has 0 aliphatic carbocycles. The molecule has 3 atom stereocenters. The van der Waals surface area contributed by atoms with Crippen LogP contribution in [0.1, 0.15) is 35.8 Å². The first-order chi connectivity index (χ1) is 13.6. The van der Waals surface area contributed by atoms with Crippen molar-refractivity contribution in [2.75, 3.05) is 33.4 Å². The Kier molecular flexibility index (Phi) is 5.46. The Morgan fingerprint density at radius 3 is 2.86 bits per heavy atom. The molecule has 2 fully saturated rings. The number of carbonyl (C=O) groups is 1. The van der Waals surface area contributed by atoms with Gasteiger partial charge in [0.05, 0.1) is 19.2 Å². The van der Waals surface area contributed by atoms with Gasteiger partial charge in [0, 0.05) is 46.0 Å². The topological polar surface area (TPSA) is 71.7 Å². The van der Waals surface area contributed by atoms with E-state index in [9.17, 15) is 4.79 Å². The van der Waals surface area contributed by atoms with Crippen molar-refractivity contribution in [1.82, 2.24) is 19.9 Å². The maximum atomic E-state index is 12.3. The number of carbonyl (C=O) groups excluding carboxylic acids is 1. The molecule has 28 heavy (non-hydrogen) atoms. The van der Waals surface area contributed by atoms with Crippen molar-refractivity contribution in [2.24, 2.45) is 11.8 Å². The SMILES string of the molecule is COCCc1noc(CN2C[C@@H]3CN(C(C)=O)[C@@H](c4ccccc4C)[C@@H]3C2)n1. The Morgan fingerprint density at radius 1 is 1.29 bits per heavy atom. The Labute approximate surface area is 165 Å². The first-order valence-corrected chi connectivity index (χ1v) is 9.92. The van der Waals surface area contributed by atoms with Crippen LogP contribution in [0.5, 0.6) is 0 Å². The lowest BCUT2D eigenvalue weighted by atomic mass is 9.87. The molecule has 0 radical (unpaired) electrons. The third kappa shape index (κ3) is 3.69. The largest absolute Gasteiger partial charge is 0.384 e. The van der Waals surface area contributed by atoms with Crippen LogP contribution in [0, 0.1) is 18.8 Å². The minimum absolute atomic E-state index is 0.147. The van der Waals surface area contributed by atoms with E-state index in [1.807, 2.05) is 0 Å². The summed E-state index contributed by atoms with van der Waals surface area (Å²) in [5.74, 6) is 2.41. The fraction of sp³-hybridized carbons (Fsp3) is 0.571. The van der Waals surface area contributed by atoms with Gasteiger partial charge in [0.1, 0.15) is 0 Å². The third-order valence-corrected chi connectivity index (χ3v) is 6.05. The quantitative estimate of drug-likeness (QED) is 0.761. The summed E-state index contributed by atoms with van der Waals surface area (Å²) in [6.07, 6.45) is 0.661. The summed E-state index contributed by atoms with van der Waals surface area (Å²) in [5, 5.41) is 4.03. The molecule has 0 unspecified atom stereocenters. The van der Waals surface area contributed by atoms with Crippen molar-refractivity contribution < 1.29 is 14.1 Å². The average molecular weight is 384 g/mol. The van der Waals surface area contributed by atoms with Crippen LogP contribution < -0.4 is 0 Å². The molecular formula is C21H28N4O3. The number of hydrogen-bond donors (Lipinski definition) is 0. The number of nitrogens with zero attached hydrogens (tertiary/aromatic N) is 4. The molecule has 4 rings (SSSR count). The second kappa shape index (κ2) is 8.01. The standard InChI is InChI=1S/C21H28N4O3/c1-14-6-4-5-7-17(14)21-18-12-24(10-16(18)11-25(21)15(2)26)13-20-22-19(23-28-20)8-9-27-3/h4-7,16,18,21H,8-13H2,1-3H3/t16-,18-,21+/m1/s1. The summed E-state index contributed by atoms with van der Waals surface area (Å²) in [4.78, 5) is 21.2. The van der Waals surface area contributed by atoms with E-state index in [4.69, 9.17) is 9.26 Å². The molecule has 3 heterocycles. The number of fused-ring (bicyclic) bond motifs is 1. The summed E-state index contributed by atoms with van der Waals surface area (Å²) in [6.45, 7) is 7.77. The molecule has 2 aliphatic heterocycles. The molecule has 7 heteroatoms. The number of rotatable bonds is 6. The molecule has 0 saturated carbocycles. The van der Waals surface area contributed by atoms with Crippen LogP contribution in [0.15, 0.2) is 28.8 Å². The number of amides is 1. The van der Waals surface area contributed by atoms with Gasteiger partial charge in [-0.3, -0.25) is 9.69 Å². The van der Waals surface area contributed by atoms with E-state index >= 15 is 0 Å². The second-order valence-corrected chi connectivity index (χ2v) is 7.94. The molecule has 0 spiro atoms. The summed E-state index contributed by atoms with van der Waals surface area (Å²) < 4.78 is 10.5. The zero-order valence-corrected chi connectivity index (χ0v) is 16.8. The van der Waals surface area contributed by atoms with Gasteiger partial charge in [-0.15, -0.1) is 0 Å². The van der Waals surface area contributed by atoms with Gasteiger partial charge in [-0.1, -0.05) is 29.4 Å². The van der Waals surface area contributed by atoms with Crippen LogP contribution in [-0.2, 0) is 22.5 Å². The van der Waals surface area contributed by atoms with Gasteiger partial charge in [-0.2, -0.15) is 4.98 Å². The fourth-order valence-electron chi connectivity index (χ4n) is 4.75. The Bertz CT molecular complexity index is 837. The number of likely N-dealkylation sites (tertiary alicyclic amines) is 2. The summed E-state index contributed by atoms with van der Waals surface area (Å²) >= 11 is 0. The van der Waals surface area contributed by atoms with E-state index < -0.39 is 0 Å². The third-order valence-electron chi connectivity index (χ3n) is 6.05. The molecule has 2 saturated heterocycles. The number of ether oxygens (including phenoxy) is 1. The van der Waals surface area contributed by atoms with Crippen LogP contribution in [0.3, 0.4) is 0 Å². The van der Waals surface area contributed by atoms with Crippen LogP contribution in [-0.4, -0.2) is 59.2 Å². The van der Waals surface area contributed by atoms with Crippen molar-refractivity contribution in [3.8, 4) is 0 Å². The highest BCUT2D eigenvalue weighted by Crippen LogP contribution is 2.45. The highest BCUT2D eigenvalue weighted by Gasteiger charge is 2.48. The minimum atomic E-state index is 0.147. The van der Waals surface area contributed by atoms with E-state index in [0.29, 0.717) is 43.1 Å². The zero-order valence-electron chi connectivity index (χ0n) is 16.8. The second-order valence-electron chi connectivity index (χ2n) is 7.94. The van der Waals surface area contributed by atoms with Crippen molar-refractivity contribution >= 4 is 5.91 Å². The molecule has 0 bridgehead atoms.